The molecule has 0 fully saturated rings. The Morgan fingerprint density at radius 1 is 1.29 bits per heavy atom. The van der Waals surface area contributed by atoms with Gasteiger partial charge in [0.25, 0.3) is 0 Å². The molecule has 0 radical (unpaired) electrons. The molecule has 1 atom stereocenters. The first-order chi connectivity index (χ1) is 9.68. The number of thiazole rings is 1. The first-order valence-corrected chi connectivity index (χ1v) is 7.86. The predicted octanol–water partition coefficient (Wildman–Crippen LogP) is 5.71. The van der Waals surface area contributed by atoms with Gasteiger partial charge in [-0.1, -0.05) is 15.9 Å². The van der Waals surface area contributed by atoms with Crippen LogP contribution in [0.5, 0.6) is 0 Å². The number of hydrogen-bond acceptors (Lipinski definition) is 3. The van der Waals surface area contributed by atoms with E-state index in [4.69, 9.17) is 0 Å². The monoisotopic (exact) mass is 378 g/mol. The average Bonchev–Trinajstić information content (AvgIpc) is 2.69. The minimum atomic E-state index is -4.40. The zero-order valence-corrected chi connectivity index (χ0v) is 14.1. The molecule has 7 heteroatoms. The molecular formula is C14H14BrF3N2S. The summed E-state index contributed by atoms with van der Waals surface area (Å²) in [4.78, 5) is 5.39. The zero-order chi connectivity index (χ0) is 15.8. The van der Waals surface area contributed by atoms with E-state index in [2.05, 4.69) is 26.2 Å². The van der Waals surface area contributed by atoms with E-state index in [0.717, 1.165) is 21.6 Å². The van der Waals surface area contributed by atoms with Crippen molar-refractivity contribution in [1.82, 2.24) is 4.98 Å². The summed E-state index contributed by atoms with van der Waals surface area (Å²) >= 11 is 4.62. The highest BCUT2D eigenvalue weighted by molar-refractivity contribution is 9.10. The standard InChI is InChI=1S/C14H14BrF3N2S/c1-7(13-8(2)21-9(3)20-13)19-12-5-4-10(15)6-11(12)14(16,17)18/h4-7,19H,1-3H3. The third-order valence-electron chi connectivity index (χ3n) is 3.01. The molecule has 1 heterocycles. The van der Waals surface area contributed by atoms with Crippen LogP contribution in [0.3, 0.4) is 0 Å². The summed E-state index contributed by atoms with van der Waals surface area (Å²) in [6.07, 6.45) is -4.40. The molecule has 1 unspecified atom stereocenters. The summed E-state index contributed by atoms with van der Waals surface area (Å²) in [5.41, 5.74) is 0.158. The zero-order valence-electron chi connectivity index (χ0n) is 11.7. The number of anilines is 1. The van der Waals surface area contributed by atoms with Crippen molar-refractivity contribution in [2.75, 3.05) is 5.32 Å². The molecule has 0 spiro atoms. The van der Waals surface area contributed by atoms with Crippen LogP contribution in [0.25, 0.3) is 0 Å². The molecule has 0 aliphatic rings. The summed E-state index contributed by atoms with van der Waals surface area (Å²) < 4.78 is 39.7. The molecule has 21 heavy (non-hydrogen) atoms. The Morgan fingerprint density at radius 3 is 2.48 bits per heavy atom. The van der Waals surface area contributed by atoms with Gasteiger partial charge in [-0.25, -0.2) is 4.98 Å². The summed E-state index contributed by atoms with van der Waals surface area (Å²) in [5.74, 6) is 0. The highest BCUT2D eigenvalue weighted by Gasteiger charge is 2.34. The van der Waals surface area contributed by atoms with Crippen molar-refractivity contribution < 1.29 is 13.2 Å². The van der Waals surface area contributed by atoms with Gasteiger partial charge >= 0.3 is 6.18 Å². The molecule has 0 aliphatic heterocycles. The molecular weight excluding hydrogens is 365 g/mol. The Bertz CT molecular complexity index is 652. The number of hydrogen-bond donors (Lipinski definition) is 1. The van der Waals surface area contributed by atoms with Gasteiger partial charge in [0.15, 0.2) is 0 Å². The second-order valence-electron chi connectivity index (χ2n) is 4.73. The second-order valence-corrected chi connectivity index (χ2v) is 7.05. The summed E-state index contributed by atoms with van der Waals surface area (Å²) in [7, 11) is 0. The van der Waals surface area contributed by atoms with Gasteiger partial charge < -0.3 is 5.32 Å². The van der Waals surface area contributed by atoms with Crippen LogP contribution in [-0.2, 0) is 6.18 Å². The minimum absolute atomic E-state index is 0.0586. The maximum atomic E-state index is 13.1. The fraction of sp³-hybridized carbons (Fsp3) is 0.357. The Balaban J connectivity index is 2.33. The summed E-state index contributed by atoms with van der Waals surface area (Å²) in [5, 5.41) is 3.82. The fourth-order valence-electron chi connectivity index (χ4n) is 2.13. The van der Waals surface area contributed by atoms with E-state index in [1.807, 2.05) is 20.8 Å². The van der Waals surface area contributed by atoms with Crippen LogP contribution >= 0.6 is 27.3 Å². The highest BCUT2D eigenvalue weighted by Crippen LogP contribution is 2.38. The van der Waals surface area contributed by atoms with Crippen molar-refractivity contribution in [3.05, 3.63) is 43.8 Å². The third kappa shape index (κ3) is 3.77. The number of aryl methyl sites for hydroxylation is 2. The van der Waals surface area contributed by atoms with Gasteiger partial charge in [0.2, 0.25) is 0 Å². The SMILES string of the molecule is Cc1nc(C(C)Nc2ccc(Br)cc2C(F)(F)F)c(C)s1. The van der Waals surface area contributed by atoms with Gasteiger partial charge in [0.05, 0.1) is 22.3 Å². The lowest BCUT2D eigenvalue weighted by atomic mass is 10.1. The molecule has 1 aromatic carbocycles. The summed E-state index contributed by atoms with van der Waals surface area (Å²) in [6.45, 7) is 5.61. The van der Waals surface area contributed by atoms with E-state index in [1.165, 1.54) is 17.4 Å². The van der Waals surface area contributed by atoms with Crippen LogP contribution in [0.1, 0.15) is 34.1 Å². The average molecular weight is 379 g/mol. The quantitative estimate of drug-likeness (QED) is 0.739. The van der Waals surface area contributed by atoms with Gasteiger partial charge in [-0.05, 0) is 39.0 Å². The van der Waals surface area contributed by atoms with Gasteiger partial charge in [-0.15, -0.1) is 11.3 Å². The highest BCUT2D eigenvalue weighted by atomic mass is 79.9. The lowest BCUT2D eigenvalue weighted by Crippen LogP contribution is -2.14. The molecule has 114 valence electrons. The number of rotatable bonds is 3. The van der Waals surface area contributed by atoms with E-state index in [9.17, 15) is 13.2 Å². The molecule has 0 aliphatic carbocycles. The van der Waals surface area contributed by atoms with Gasteiger partial charge in [-0.3, -0.25) is 0 Å². The van der Waals surface area contributed by atoms with Gasteiger partial charge in [0, 0.05) is 15.0 Å². The number of aromatic nitrogens is 1. The van der Waals surface area contributed by atoms with Crippen LogP contribution in [0.15, 0.2) is 22.7 Å². The number of alkyl halides is 3. The van der Waals surface area contributed by atoms with Crippen LogP contribution in [0.4, 0.5) is 18.9 Å². The predicted molar refractivity (Wildman–Crippen MR) is 82.8 cm³/mol. The molecule has 1 aromatic heterocycles. The van der Waals surface area contributed by atoms with E-state index in [-0.39, 0.29) is 11.7 Å². The molecule has 1 N–H and O–H groups in total. The Labute approximate surface area is 133 Å². The second kappa shape index (κ2) is 5.96. The first kappa shape index (κ1) is 16.3. The van der Waals surface area contributed by atoms with E-state index >= 15 is 0 Å². The molecule has 0 saturated heterocycles. The lowest BCUT2D eigenvalue weighted by Gasteiger charge is -2.19. The van der Waals surface area contributed by atoms with Crippen molar-refractivity contribution in [3.63, 3.8) is 0 Å². The smallest absolute Gasteiger partial charge is 0.376 e. The van der Waals surface area contributed by atoms with Crippen molar-refractivity contribution in [2.45, 2.75) is 33.0 Å². The minimum Gasteiger partial charge on any atom is -0.376 e. The molecule has 2 rings (SSSR count). The fourth-order valence-corrected chi connectivity index (χ4v) is 3.40. The van der Waals surface area contributed by atoms with E-state index in [1.54, 1.807) is 6.07 Å². The number of benzene rings is 1. The lowest BCUT2D eigenvalue weighted by molar-refractivity contribution is -0.137. The Morgan fingerprint density at radius 2 is 1.95 bits per heavy atom. The Hall–Kier alpha value is -1.08. The normalized spacial score (nSPS) is 13.3. The topological polar surface area (TPSA) is 24.9 Å². The third-order valence-corrected chi connectivity index (χ3v) is 4.40. The molecule has 0 saturated carbocycles. The van der Waals surface area contributed by atoms with Crippen LogP contribution in [0.2, 0.25) is 0 Å². The maximum absolute atomic E-state index is 13.1. The molecule has 2 nitrogen and oxygen atoms in total. The van der Waals surface area contributed by atoms with Crippen molar-refractivity contribution in [1.29, 1.82) is 0 Å². The largest absolute Gasteiger partial charge is 0.418 e. The number of halogens is 4. The van der Waals surface area contributed by atoms with Crippen molar-refractivity contribution >= 4 is 33.0 Å². The van der Waals surface area contributed by atoms with Gasteiger partial charge in [0.1, 0.15) is 0 Å². The van der Waals surface area contributed by atoms with Crippen LogP contribution in [-0.4, -0.2) is 4.98 Å². The van der Waals surface area contributed by atoms with Crippen LogP contribution in [0, 0.1) is 13.8 Å². The van der Waals surface area contributed by atoms with Gasteiger partial charge in [-0.2, -0.15) is 13.2 Å². The first-order valence-electron chi connectivity index (χ1n) is 6.25. The summed E-state index contributed by atoms with van der Waals surface area (Å²) in [6, 6.07) is 3.80. The van der Waals surface area contributed by atoms with Crippen LogP contribution < -0.4 is 5.32 Å². The maximum Gasteiger partial charge on any atom is 0.418 e. The van der Waals surface area contributed by atoms with Crippen molar-refractivity contribution in [2.24, 2.45) is 0 Å². The van der Waals surface area contributed by atoms with E-state index in [0.29, 0.717) is 4.47 Å². The van der Waals surface area contributed by atoms with Crippen molar-refractivity contribution in [3.8, 4) is 0 Å². The number of nitrogens with zero attached hydrogens (tertiary/aromatic N) is 1. The molecule has 0 bridgehead atoms. The molecule has 2 aromatic rings. The number of nitrogens with one attached hydrogen (secondary N) is 1. The Kier molecular flexibility index (Phi) is 4.63. The van der Waals surface area contributed by atoms with E-state index < -0.39 is 11.7 Å². The molecule has 0 amide bonds.